The Kier molecular flexibility index (Phi) is 5.32. The van der Waals surface area contributed by atoms with Gasteiger partial charge >= 0.3 is 0 Å². The molecule has 0 saturated carbocycles. The van der Waals surface area contributed by atoms with E-state index >= 15 is 0 Å². The summed E-state index contributed by atoms with van der Waals surface area (Å²) in [4.78, 5) is 0.113. The Hall–Kier alpha value is -0.190. The molecule has 1 saturated heterocycles. The number of methoxy groups -OCH3 is 1. The van der Waals surface area contributed by atoms with Gasteiger partial charge in [-0.05, 0) is 44.0 Å². The second-order valence-corrected chi connectivity index (χ2v) is 8.24. The van der Waals surface area contributed by atoms with Crippen LogP contribution >= 0.6 is 31.9 Å². The fraction of sp³-hybridized carbons (Fsp3) is 0.500. The van der Waals surface area contributed by atoms with Crippen LogP contribution in [0.2, 0.25) is 0 Å². The van der Waals surface area contributed by atoms with Crippen molar-refractivity contribution in [1.29, 1.82) is 0 Å². The zero-order valence-electron chi connectivity index (χ0n) is 11.4. The molecule has 0 bridgehead atoms. The van der Waals surface area contributed by atoms with Crippen LogP contribution < -0.4 is 10.5 Å². The summed E-state index contributed by atoms with van der Waals surface area (Å²) in [5.74, 6) is 0. The van der Waals surface area contributed by atoms with Crippen LogP contribution in [0, 0.1) is 0 Å². The Balaban J connectivity index is 2.23. The van der Waals surface area contributed by atoms with Crippen molar-refractivity contribution in [3.63, 3.8) is 0 Å². The van der Waals surface area contributed by atoms with Gasteiger partial charge in [-0.2, -0.15) is 0 Å². The van der Waals surface area contributed by atoms with Crippen LogP contribution in [-0.2, 0) is 19.5 Å². The number of anilines is 1. The van der Waals surface area contributed by atoms with E-state index in [0.29, 0.717) is 34.3 Å². The summed E-state index contributed by atoms with van der Waals surface area (Å²) in [6.45, 7) is 1.08. The standard InChI is InChI=1S/C12H16Br2N2O4S/c1-19-12(2-3-20-7-12)6-16-21(17,18)11-9(13)4-8(15)5-10(11)14/h4-5,16H,2-3,6-7,15H2,1H3. The molecule has 1 aliphatic rings. The average Bonchev–Trinajstić information content (AvgIpc) is 2.84. The van der Waals surface area contributed by atoms with Crippen LogP contribution in [0.15, 0.2) is 26.0 Å². The summed E-state index contributed by atoms with van der Waals surface area (Å²) in [6, 6.07) is 3.09. The molecule has 9 heteroatoms. The molecule has 2 rings (SSSR count). The van der Waals surface area contributed by atoms with Gasteiger partial charge in [-0.1, -0.05) is 0 Å². The molecule has 1 aromatic rings. The van der Waals surface area contributed by atoms with E-state index in [0.717, 1.165) is 0 Å². The lowest BCUT2D eigenvalue weighted by atomic mass is 10.0. The zero-order valence-corrected chi connectivity index (χ0v) is 15.3. The number of benzene rings is 1. The number of nitrogen functional groups attached to an aromatic ring is 1. The maximum atomic E-state index is 12.5. The SMILES string of the molecule is COC1(CNS(=O)(=O)c2c(Br)cc(N)cc2Br)CCOC1. The van der Waals surface area contributed by atoms with E-state index < -0.39 is 15.6 Å². The molecule has 0 amide bonds. The average molecular weight is 444 g/mol. The molecule has 1 fully saturated rings. The maximum Gasteiger partial charge on any atom is 0.242 e. The highest BCUT2D eigenvalue weighted by atomic mass is 79.9. The molecule has 0 radical (unpaired) electrons. The highest BCUT2D eigenvalue weighted by Gasteiger charge is 2.36. The molecule has 21 heavy (non-hydrogen) atoms. The van der Waals surface area contributed by atoms with Gasteiger partial charge in [-0.3, -0.25) is 0 Å². The first-order valence-corrected chi connectivity index (χ1v) is 9.24. The largest absolute Gasteiger partial charge is 0.399 e. The van der Waals surface area contributed by atoms with Crippen molar-refractivity contribution >= 4 is 47.6 Å². The third-order valence-electron chi connectivity index (χ3n) is 3.37. The van der Waals surface area contributed by atoms with Crippen molar-refractivity contribution in [3.8, 4) is 0 Å². The lowest BCUT2D eigenvalue weighted by Gasteiger charge is -2.26. The number of rotatable bonds is 5. The van der Waals surface area contributed by atoms with E-state index in [4.69, 9.17) is 15.2 Å². The Morgan fingerprint density at radius 2 is 2.05 bits per heavy atom. The second-order valence-electron chi connectivity index (χ2n) is 4.83. The van der Waals surface area contributed by atoms with Crippen molar-refractivity contribution in [2.45, 2.75) is 16.9 Å². The summed E-state index contributed by atoms with van der Waals surface area (Å²) < 4.78 is 39.1. The Bertz CT molecular complexity index is 607. The van der Waals surface area contributed by atoms with Crippen LogP contribution in [0.25, 0.3) is 0 Å². The van der Waals surface area contributed by atoms with Crippen molar-refractivity contribution in [2.24, 2.45) is 0 Å². The number of hydrogen-bond donors (Lipinski definition) is 2. The molecule has 1 heterocycles. The predicted molar refractivity (Wildman–Crippen MR) is 86.6 cm³/mol. The lowest BCUT2D eigenvalue weighted by molar-refractivity contribution is -0.0120. The summed E-state index contributed by atoms with van der Waals surface area (Å²) in [7, 11) is -2.16. The first-order chi connectivity index (χ1) is 9.80. The molecule has 0 aromatic heterocycles. The Labute approximate surface area is 140 Å². The number of ether oxygens (including phenoxy) is 2. The normalized spacial score (nSPS) is 22.6. The quantitative estimate of drug-likeness (QED) is 0.678. The van der Waals surface area contributed by atoms with Gasteiger partial charge in [0.2, 0.25) is 10.0 Å². The first kappa shape index (κ1) is 17.2. The van der Waals surface area contributed by atoms with Gasteiger partial charge in [0.1, 0.15) is 10.5 Å². The number of nitrogens with one attached hydrogen (secondary N) is 1. The summed E-state index contributed by atoms with van der Waals surface area (Å²) >= 11 is 6.47. The van der Waals surface area contributed by atoms with Crippen LogP contribution in [0.5, 0.6) is 0 Å². The fourth-order valence-electron chi connectivity index (χ4n) is 2.10. The fourth-order valence-corrected chi connectivity index (χ4v) is 5.83. The van der Waals surface area contributed by atoms with Crippen molar-refractivity contribution in [1.82, 2.24) is 4.72 Å². The van der Waals surface area contributed by atoms with Crippen LogP contribution in [0.1, 0.15) is 6.42 Å². The van der Waals surface area contributed by atoms with E-state index in [1.165, 1.54) is 0 Å². The minimum Gasteiger partial charge on any atom is -0.399 e. The third-order valence-corrected chi connectivity index (χ3v) is 6.65. The molecule has 118 valence electrons. The molecule has 3 N–H and O–H groups in total. The van der Waals surface area contributed by atoms with Crippen molar-refractivity contribution in [3.05, 3.63) is 21.1 Å². The first-order valence-electron chi connectivity index (χ1n) is 6.17. The predicted octanol–water partition coefficient (Wildman–Crippen LogP) is 1.88. The van der Waals surface area contributed by atoms with E-state index in [1.807, 2.05) is 0 Å². The van der Waals surface area contributed by atoms with Gasteiger partial charge in [0.25, 0.3) is 0 Å². The smallest absolute Gasteiger partial charge is 0.242 e. The van der Waals surface area contributed by atoms with Gasteiger partial charge in [-0.25, -0.2) is 13.1 Å². The van der Waals surface area contributed by atoms with Gasteiger partial charge in [0, 0.05) is 41.3 Å². The highest BCUT2D eigenvalue weighted by Crippen LogP contribution is 2.32. The molecule has 6 nitrogen and oxygen atoms in total. The topological polar surface area (TPSA) is 90.7 Å². The molecule has 1 aliphatic heterocycles. The number of halogens is 2. The Morgan fingerprint density at radius 1 is 1.43 bits per heavy atom. The highest BCUT2D eigenvalue weighted by molar-refractivity contribution is 9.11. The van der Waals surface area contributed by atoms with Gasteiger partial charge in [0.05, 0.1) is 6.61 Å². The second kappa shape index (κ2) is 6.51. The number of sulfonamides is 1. The molecule has 0 spiro atoms. The molecule has 0 aliphatic carbocycles. The third kappa shape index (κ3) is 3.77. The van der Waals surface area contributed by atoms with Crippen molar-refractivity contribution in [2.75, 3.05) is 32.6 Å². The van der Waals surface area contributed by atoms with Crippen molar-refractivity contribution < 1.29 is 17.9 Å². The van der Waals surface area contributed by atoms with Crippen LogP contribution in [0.3, 0.4) is 0 Å². The summed E-state index contributed by atoms with van der Waals surface area (Å²) in [5.41, 5.74) is 5.53. The van der Waals surface area contributed by atoms with E-state index in [-0.39, 0.29) is 11.4 Å². The molecular formula is C12H16Br2N2O4S. The van der Waals surface area contributed by atoms with E-state index in [2.05, 4.69) is 36.6 Å². The summed E-state index contributed by atoms with van der Waals surface area (Å²) in [6.07, 6.45) is 0.649. The number of hydrogen-bond acceptors (Lipinski definition) is 5. The van der Waals surface area contributed by atoms with Crippen LogP contribution in [-0.4, -0.2) is 40.9 Å². The number of nitrogens with two attached hydrogens (primary N) is 1. The van der Waals surface area contributed by atoms with Gasteiger partial charge in [-0.15, -0.1) is 0 Å². The van der Waals surface area contributed by atoms with Gasteiger partial charge in [0.15, 0.2) is 0 Å². The zero-order chi connectivity index (χ0) is 15.7. The Morgan fingerprint density at radius 3 is 2.52 bits per heavy atom. The monoisotopic (exact) mass is 442 g/mol. The minimum absolute atomic E-state index is 0.113. The van der Waals surface area contributed by atoms with Gasteiger partial charge < -0.3 is 15.2 Å². The van der Waals surface area contributed by atoms with E-state index in [1.54, 1.807) is 19.2 Å². The lowest BCUT2D eigenvalue weighted by Crippen LogP contribution is -2.45. The summed E-state index contributed by atoms with van der Waals surface area (Å²) in [5, 5.41) is 0. The van der Waals surface area contributed by atoms with Crippen LogP contribution in [0.4, 0.5) is 5.69 Å². The molecular weight excluding hydrogens is 428 g/mol. The molecule has 1 atom stereocenters. The molecule has 1 unspecified atom stereocenters. The minimum atomic E-state index is -3.71. The van der Waals surface area contributed by atoms with E-state index in [9.17, 15) is 8.42 Å². The maximum absolute atomic E-state index is 12.5. The molecule has 1 aromatic carbocycles.